The van der Waals surface area contributed by atoms with Gasteiger partial charge in [-0.2, -0.15) is 13.2 Å². The van der Waals surface area contributed by atoms with Crippen LogP contribution in [0.1, 0.15) is 36.1 Å². The topological polar surface area (TPSA) is 83.0 Å². The van der Waals surface area contributed by atoms with Gasteiger partial charge in [-0.1, -0.05) is 18.2 Å². The van der Waals surface area contributed by atoms with Gasteiger partial charge >= 0.3 is 18.2 Å². The number of carbonyl (C=O) groups excluding carboxylic acids is 1. The zero-order valence-corrected chi connectivity index (χ0v) is 21.5. The van der Waals surface area contributed by atoms with E-state index in [1.54, 1.807) is 23.4 Å². The Bertz CT molecular complexity index is 1340. The number of nitrogens with zero attached hydrogens (tertiary/aromatic N) is 3. The molecule has 3 aromatic rings. The van der Waals surface area contributed by atoms with E-state index in [-0.39, 0.29) is 6.03 Å². The van der Waals surface area contributed by atoms with Gasteiger partial charge in [0.15, 0.2) is 10.7 Å². The fraction of sp³-hybridized carbons (Fsp3) is 0.346. The van der Waals surface area contributed by atoms with E-state index in [0.29, 0.717) is 41.6 Å². The highest BCUT2D eigenvalue weighted by Gasteiger charge is 2.32. The van der Waals surface area contributed by atoms with E-state index in [1.807, 2.05) is 13.0 Å². The predicted molar refractivity (Wildman–Crippen MR) is 134 cm³/mol. The maximum atomic E-state index is 13.2. The molecule has 0 aliphatic carbocycles. The fourth-order valence-corrected chi connectivity index (χ4v) is 4.88. The Morgan fingerprint density at radius 2 is 1.81 bits per heavy atom. The number of thiazole rings is 1. The highest BCUT2D eigenvalue weighted by molar-refractivity contribution is 7.14. The molecule has 1 aromatic heterocycles. The zero-order chi connectivity index (χ0) is 27.1. The van der Waals surface area contributed by atoms with E-state index >= 15 is 0 Å². The quantitative estimate of drug-likeness (QED) is 0.435. The van der Waals surface area contributed by atoms with Crippen molar-refractivity contribution in [3.8, 4) is 17.0 Å². The molecule has 2 amide bonds. The van der Waals surface area contributed by atoms with Crippen molar-refractivity contribution in [2.45, 2.75) is 45.5 Å². The summed E-state index contributed by atoms with van der Waals surface area (Å²) in [6, 6.07) is 8.08. The molecule has 11 heteroatoms. The first-order valence-electron chi connectivity index (χ1n) is 11.5. The van der Waals surface area contributed by atoms with E-state index in [9.17, 15) is 27.9 Å². The molecule has 1 aliphatic heterocycles. The van der Waals surface area contributed by atoms with Gasteiger partial charge in [-0.15, -0.1) is 11.3 Å². The molecule has 1 N–H and O–H groups in total. The molecular formula is C26H26F3N3O4S. The first-order valence-corrected chi connectivity index (χ1v) is 12.4. The fourth-order valence-electron chi connectivity index (χ4n) is 4.09. The highest BCUT2D eigenvalue weighted by atomic mass is 32.1. The van der Waals surface area contributed by atoms with Gasteiger partial charge in [0.05, 0.1) is 11.3 Å². The maximum absolute atomic E-state index is 13.2. The lowest BCUT2D eigenvalue weighted by Crippen LogP contribution is -2.44. The highest BCUT2D eigenvalue weighted by Crippen LogP contribution is 2.34. The molecule has 0 unspecified atom stereocenters. The number of amides is 2. The molecule has 0 fully saturated rings. The average Bonchev–Trinajstić information content (AvgIpc) is 3.34. The summed E-state index contributed by atoms with van der Waals surface area (Å²) >= 11 is 1.23. The van der Waals surface area contributed by atoms with Crippen LogP contribution in [-0.4, -0.2) is 46.2 Å². The van der Waals surface area contributed by atoms with E-state index in [2.05, 4.69) is 4.98 Å². The Kier molecular flexibility index (Phi) is 6.93. The number of carbonyl (C=O) groups is 2. The lowest BCUT2D eigenvalue weighted by molar-refractivity contribution is -0.152. The van der Waals surface area contributed by atoms with Gasteiger partial charge in [-0.3, -0.25) is 4.90 Å². The SMILES string of the molecule is Cc1c(OC(C)(C)C(=O)O)ccc2c1CCN(C(=O)N(C)c1nc(-c3ccc(C(F)(F)F)cc3)cs1)C2. The molecule has 196 valence electrons. The number of urea groups is 1. The van der Waals surface area contributed by atoms with E-state index in [0.717, 1.165) is 28.8 Å². The van der Waals surface area contributed by atoms with Crippen molar-refractivity contribution in [2.24, 2.45) is 0 Å². The number of fused-ring (bicyclic) bond motifs is 1. The van der Waals surface area contributed by atoms with Crippen LogP contribution < -0.4 is 9.64 Å². The summed E-state index contributed by atoms with van der Waals surface area (Å²) in [4.78, 5) is 32.3. The van der Waals surface area contributed by atoms with Gasteiger partial charge in [-0.25, -0.2) is 14.6 Å². The second-order valence-corrected chi connectivity index (χ2v) is 10.2. The molecule has 37 heavy (non-hydrogen) atoms. The largest absolute Gasteiger partial charge is 0.478 e. The molecule has 4 rings (SSSR count). The molecule has 7 nitrogen and oxygen atoms in total. The number of aromatic nitrogens is 1. The molecule has 0 saturated heterocycles. The van der Waals surface area contributed by atoms with Crippen LogP contribution in [0.5, 0.6) is 5.75 Å². The van der Waals surface area contributed by atoms with Crippen molar-refractivity contribution < 1.29 is 32.6 Å². The summed E-state index contributed by atoms with van der Waals surface area (Å²) in [6.45, 7) is 5.70. The van der Waals surface area contributed by atoms with Gasteiger partial charge in [0.25, 0.3) is 0 Å². The number of hydrogen-bond donors (Lipinski definition) is 1. The van der Waals surface area contributed by atoms with Crippen LogP contribution in [-0.2, 0) is 23.9 Å². The molecule has 2 heterocycles. The van der Waals surface area contributed by atoms with Crippen molar-refractivity contribution >= 4 is 28.5 Å². The normalized spacial score (nSPS) is 13.8. The number of benzene rings is 2. The number of carboxylic acids is 1. The molecule has 0 saturated carbocycles. The molecule has 0 bridgehead atoms. The number of alkyl halides is 3. The maximum Gasteiger partial charge on any atom is 0.416 e. The Morgan fingerprint density at radius 1 is 1.14 bits per heavy atom. The smallest absolute Gasteiger partial charge is 0.416 e. The van der Waals surface area contributed by atoms with Crippen LogP contribution in [0.4, 0.5) is 23.1 Å². The number of aliphatic carboxylic acids is 1. The Balaban J connectivity index is 1.46. The molecule has 0 atom stereocenters. The van der Waals surface area contributed by atoms with Crippen LogP contribution in [0.2, 0.25) is 0 Å². The number of anilines is 1. The van der Waals surface area contributed by atoms with Crippen LogP contribution in [0.25, 0.3) is 11.3 Å². The van der Waals surface area contributed by atoms with E-state index in [4.69, 9.17) is 4.74 Å². The van der Waals surface area contributed by atoms with Crippen molar-refractivity contribution in [2.75, 3.05) is 18.5 Å². The van der Waals surface area contributed by atoms with Crippen molar-refractivity contribution in [3.63, 3.8) is 0 Å². The van der Waals surface area contributed by atoms with E-state index < -0.39 is 23.3 Å². The zero-order valence-electron chi connectivity index (χ0n) is 20.7. The summed E-state index contributed by atoms with van der Waals surface area (Å²) in [5.74, 6) is -0.560. The van der Waals surface area contributed by atoms with Gasteiger partial charge in [-0.05, 0) is 62.1 Å². The predicted octanol–water partition coefficient (Wildman–Crippen LogP) is 5.99. The second kappa shape index (κ2) is 9.70. The van der Waals surface area contributed by atoms with Crippen molar-refractivity contribution in [3.05, 3.63) is 64.0 Å². The van der Waals surface area contributed by atoms with Gasteiger partial charge in [0.1, 0.15) is 5.75 Å². The third-order valence-corrected chi connectivity index (χ3v) is 7.28. The van der Waals surface area contributed by atoms with Crippen LogP contribution in [0.15, 0.2) is 41.8 Å². The van der Waals surface area contributed by atoms with Crippen LogP contribution >= 0.6 is 11.3 Å². The Labute approximate surface area is 216 Å². The third-order valence-electron chi connectivity index (χ3n) is 6.36. The lowest BCUT2D eigenvalue weighted by Gasteiger charge is -2.33. The van der Waals surface area contributed by atoms with Crippen LogP contribution in [0.3, 0.4) is 0 Å². The minimum atomic E-state index is -4.41. The van der Waals surface area contributed by atoms with E-state index in [1.165, 1.54) is 42.2 Å². The number of halogens is 3. The van der Waals surface area contributed by atoms with Crippen molar-refractivity contribution in [1.82, 2.24) is 9.88 Å². The van der Waals surface area contributed by atoms with Crippen LogP contribution in [0, 0.1) is 6.92 Å². The minimum Gasteiger partial charge on any atom is -0.478 e. The number of carboxylic acid groups (broad SMARTS) is 1. The Hall–Kier alpha value is -3.60. The third kappa shape index (κ3) is 5.41. The molecule has 0 radical (unpaired) electrons. The summed E-state index contributed by atoms with van der Waals surface area (Å²) < 4.78 is 44.3. The second-order valence-electron chi connectivity index (χ2n) is 9.35. The first-order chi connectivity index (χ1) is 17.3. The lowest BCUT2D eigenvalue weighted by atomic mass is 9.94. The first kappa shape index (κ1) is 26.5. The van der Waals surface area contributed by atoms with Gasteiger partial charge in [0.2, 0.25) is 0 Å². The molecule has 2 aromatic carbocycles. The summed E-state index contributed by atoms with van der Waals surface area (Å²) in [5, 5.41) is 11.5. The van der Waals surface area contributed by atoms with Gasteiger partial charge in [0, 0.05) is 31.1 Å². The molecule has 1 aliphatic rings. The summed E-state index contributed by atoms with van der Waals surface area (Å²) in [5.41, 5.74) is 1.76. The average molecular weight is 534 g/mol. The number of ether oxygens (including phenoxy) is 1. The summed E-state index contributed by atoms with van der Waals surface area (Å²) in [6.07, 6.45) is -3.83. The molecule has 0 spiro atoms. The number of rotatable bonds is 5. The van der Waals surface area contributed by atoms with Crippen molar-refractivity contribution in [1.29, 1.82) is 0 Å². The minimum absolute atomic E-state index is 0.246. The van der Waals surface area contributed by atoms with Gasteiger partial charge < -0.3 is 14.7 Å². The standard InChI is InChI=1S/C26H26F3N3O4S/c1-15-19-11-12-32(13-17(19)7-10-21(15)36-25(2,3)22(33)34)24(35)31(4)23-30-20(14-37-23)16-5-8-18(9-6-16)26(27,28)29/h5-10,14H,11-13H2,1-4H3,(H,33,34). The number of hydrogen-bond acceptors (Lipinski definition) is 5. The Morgan fingerprint density at radius 3 is 2.43 bits per heavy atom. The summed E-state index contributed by atoms with van der Waals surface area (Å²) in [7, 11) is 1.61. The monoisotopic (exact) mass is 533 g/mol. The molecular weight excluding hydrogens is 507 g/mol.